The molecule has 1 aliphatic rings. The van der Waals surface area contributed by atoms with E-state index in [2.05, 4.69) is 47.5 Å². The number of halogens is 1. The predicted octanol–water partition coefficient (Wildman–Crippen LogP) is 4.36. The first-order valence-corrected chi connectivity index (χ1v) is 9.64. The number of hydrogen-bond donors (Lipinski definition) is 1. The Bertz CT molecular complexity index is 670. The number of hydrogen-bond acceptors (Lipinski definition) is 2. The highest BCUT2D eigenvalue weighted by Crippen LogP contribution is 2.18. The Hall–Kier alpha value is -1.76. The van der Waals surface area contributed by atoms with Crippen molar-refractivity contribution in [3.63, 3.8) is 0 Å². The SMILES string of the molecule is CCNC(=NCCc1ccccc1)N1CCC(Oc2ccccc2)CC1.I. The maximum absolute atomic E-state index is 6.10. The molecule has 146 valence electrons. The van der Waals surface area contributed by atoms with Gasteiger partial charge in [0.05, 0.1) is 0 Å². The molecule has 1 aliphatic heterocycles. The lowest BCUT2D eigenvalue weighted by molar-refractivity contribution is 0.129. The third kappa shape index (κ3) is 7.05. The van der Waals surface area contributed by atoms with Crippen LogP contribution in [-0.2, 0) is 6.42 Å². The maximum Gasteiger partial charge on any atom is 0.193 e. The monoisotopic (exact) mass is 479 g/mol. The highest BCUT2D eigenvalue weighted by Gasteiger charge is 2.22. The fourth-order valence-corrected chi connectivity index (χ4v) is 3.24. The van der Waals surface area contributed by atoms with Crippen LogP contribution >= 0.6 is 24.0 Å². The van der Waals surface area contributed by atoms with Gasteiger partial charge >= 0.3 is 0 Å². The van der Waals surface area contributed by atoms with E-state index in [0.29, 0.717) is 6.10 Å². The fraction of sp³-hybridized carbons (Fsp3) is 0.409. The van der Waals surface area contributed by atoms with Crippen LogP contribution in [0.1, 0.15) is 25.3 Å². The summed E-state index contributed by atoms with van der Waals surface area (Å²) in [4.78, 5) is 7.19. The quantitative estimate of drug-likeness (QED) is 0.380. The second-order valence-corrected chi connectivity index (χ2v) is 6.59. The number of nitrogens with zero attached hydrogens (tertiary/aromatic N) is 2. The van der Waals surface area contributed by atoms with E-state index in [1.54, 1.807) is 0 Å². The zero-order valence-corrected chi connectivity index (χ0v) is 18.3. The lowest BCUT2D eigenvalue weighted by Crippen LogP contribution is -2.47. The summed E-state index contributed by atoms with van der Waals surface area (Å²) in [6.45, 7) is 5.79. The number of nitrogens with one attached hydrogen (secondary N) is 1. The van der Waals surface area contributed by atoms with Crippen molar-refractivity contribution in [1.82, 2.24) is 10.2 Å². The van der Waals surface area contributed by atoms with Crippen molar-refractivity contribution in [3.05, 3.63) is 66.2 Å². The molecule has 4 nitrogen and oxygen atoms in total. The summed E-state index contributed by atoms with van der Waals surface area (Å²) in [5, 5.41) is 3.44. The molecule has 1 heterocycles. The molecule has 0 atom stereocenters. The highest BCUT2D eigenvalue weighted by atomic mass is 127. The van der Waals surface area contributed by atoms with Crippen molar-refractivity contribution in [1.29, 1.82) is 0 Å². The molecule has 27 heavy (non-hydrogen) atoms. The zero-order chi connectivity index (χ0) is 18.0. The Morgan fingerprint density at radius 3 is 2.30 bits per heavy atom. The number of piperidine rings is 1. The third-order valence-corrected chi connectivity index (χ3v) is 4.63. The van der Waals surface area contributed by atoms with Crippen LogP contribution in [0.4, 0.5) is 0 Å². The van der Waals surface area contributed by atoms with Gasteiger partial charge in [0.1, 0.15) is 11.9 Å². The van der Waals surface area contributed by atoms with Crippen molar-refractivity contribution in [3.8, 4) is 5.75 Å². The first-order valence-electron chi connectivity index (χ1n) is 9.64. The largest absolute Gasteiger partial charge is 0.490 e. The number of aliphatic imine (C=N–C) groups is 1. The van der Waals surface area contributed by atoms with Crippen molar-refractivity contribution in [2.45, 2.75) is 32.3 Å². The average Bonchev–Trinajstić information content (AvgIpc) is 2.70. The summed E-state index contributed by atoms with van der Waals surface area (Å²) in [7, 11) is 0. The predicted molar refractivity (Wildman–Crippen MR) is 123 cm³/mol. The van der Waals surface area contributed by atoms with Crippen LogP contribution in [0.5, 0.6) is 5.75 Å². The molecule has 1 saturated heterocycles. The normalized spacial score (nSPS) is 15.1. The van der Waals surface area contributed by atoms with Crippen LogP contribution in [-0.4, -0.2) is 43.1 Å². The molecule has 0 aliphatic carbocycles. The molecule has 1 N–H and O–H groups in total. The van der Waals surface area contributed by atoms with Gasteiger partial charge in [-0.15, -0.1) is 24.0 Å². The molecule has 2 aromatic carbocycles. The smallest absolute Gasteiger partial charge is 0.193 e. The van der Waals surface area contributed by atoms with Crippen LogP contribution in [0.15, 0.2) is 65.7 Å². The molecular weight excluding hydrogens is 449 g/mol. The summed E-state index contributed by atoms with van der Waals surface area (Å²) in [6.07, 6.45) is 3.32. The second kappa shape index (κ2) is 11.8. The van der Waals surface area contributed by atoms with Gasteiger partial charge in [-0.1, -0.05) is 48.5 Å². The molecule has 0 unspecified atom stereocenters. The molecule has 1 fully saturated rings. The molecule has 0 spiro atoms. The van der Waals surface area contributed by atoms with Gasteiger partial charge in [0.15, 0.2) is 5.96 Å². The second-order valence-electron chi connectivity index (χ2n) is 6.59. The van der Waals surface area contributed by atoms with Gasteiger partial charge in [0, 0.05) is 39.0 Å². The van der Waals surface area contributed by atoms with Gasteiger partial charge in [-0.2, -0.15) is 0 Å². The van der Waals surface area contributed by atoms with Gasteiger partial charge in [0.25, 0.3) is 0 Å². The molecular formula is C22H30IN3O. The molecule has 0 radical (unpaired) electrons. The summed E-state index contributed by atoms with van der Waals surface area (Å²) < 4.78 is 6.10. The summed E-state index contributed by atoms with van der Waals surface area (Å²) in [5.41, 5.74) is 1.34. The van der Waals surface area contributed by atoms with Gasteiger partial charge in [-0.05, 0) is 31.0 Å². The van der Waals surface area contributed by atoms with Crippen LogP contribution in [0, 0.1) is 0 Å². The van der Waals surface area contributed by atoms with Crippen LogP contribution < -0.4 is 10.1 Å². The van der Waals surface area contributed by atoms with Crippen LogP contribution in [0.3, 0.4) is 0 Å². The minimum absolute atomic E-state index is 0. The van der Waals surface area contributed by atoms with Gasteiger partial charge in [-0.3, -0.25) is 4.99 Å². The van der Waals surface area contributed by atoms with E-state index in [4.69, 9.17) is 9.73 Å². The molecule has 0 aromatic heterocycles. The minimum atomic E-state index is 0. The van der Waals surface area contributed by atoms with Gasteiger partial charge < -0.3 is 15.0 Å². The molecule has 0 bridgehead atoms. The van der Waals surface area contributed by atoms with Crippen LogP contribution in [0.25, 0.3) is 0 Å². The topological polar surface area (TPSA) is 36.9 Å². The summed E-state index contributed by atoms with van der Waals surface area (Å²) >= 11 is 0. The Morgan fingerprint density at radius 1 is 1.04 bits per heavy atom. The maximum atomic E-state index is 6.10. The van der Waals surface area contributed by atoms with Gasteiger partial charge in [0.2, 0.25) is 0 Å². The number of para-hydroxylation sites is 1. The molecule has 2 aromatic rings. The van der Waals surface area contributed by atoms with E-state index in [1.807, 2.05) is 30.3 Å². The molecule has 0 saturated carbocycles. The van der Waals surface area contributed by atoms with E-state index in [0.717, 1.165) is 57.2 Å². The van der Waals surface area contributed by atoms with E-state index < -0.39 is 0 Å². The van der Waals surface area contributed by atoms with E-state index in [9.17, 15) is 0 Å². The number of ether oxygens (including phenoxy) is 1. The number of guanidine groups is 1. The van der Waals surface area contributed by atoms with Crippen molar-refractivity contribution >= 4 is 29.9 Å². The van der Waals surface area contributed by atoms with E-state index >= 15 is 0 Å². The molecule has 0 amide bonds. The summed E-state index contributed by atoms with van der Waals surface area (Å²) in [6, 6.07) is 20.7. The lowest BCUT2D eigenvalue weighted by atomic mass is 10.1. The number of likely N-dealkylation sites (tertiary alicyclic amines) is 1. The van der Waals surface area contributed by atoms with Crippen molar-refractivity contribution in [2.24, 2.45) is 4.99 Å². The molecule has 3 rings (SSSR count). The van der Waals surface area contributed by atoms with Gasteiger partial charge in [-0.25, -0.2) is 0 Å². The first-order chi connectivity index (χ1) is 12.8. The van der Waals surface area contributed by atoms with Crippen molar-refractivity contribution in [2.75, 3.05) is 26.2 Å². The van der Waals surface area contributed by atoms with Crippen LogP contribution in [0.2, 0.25) is 0 Å². The van der Waals surface area contributed by atoms with E-state index in [-0.39, 0.29) is 24.0 Å². The fourth-order valence-electron chi connectivity index (χ4n) is 3.24. The lowest BCUT2D eigenvalue weighted by Gasteiger charge is -2.34. The zero-order valence-electron chi connectivity index (χ0n) is 16.0. The standard InChI is InChI=1S/C22H29N3O.HI/c1-2-23-22(24-16-13-19-9-5-3-6-10-19)25-17-14-21(15-18-25)26-20-11-7-4-8-12-20;/h3-12,21H,2,13-18H2,1H3,(H,23,24);1H. The molecule has 5 heteroatoms. The Balaban J connectivity index is 0.00000261. The van der Waals surface area contributed by atoms with E-state index in [1.165, 1.54) is 5.56 Å². The first kappa shape index (κ1) is 21.5. The number of rotatable bonds is 6. The average molecular weight is 479 g/mol. The highest BCUT2D eigenvalue weighted by molar-refractivity contribution is 14.0. The minimum Gasteiger partial charge on any atom is -0.490 e. The Labute approximate surface area is 180 Å². The summed E-state index contributed by atoms with van der Waals surface area (Å²) in [5.74, 6) is 2.00. The Kier molecular flexibility index (Phi) is 9.45. The Morgan fingerprint density at radius 2 is 1.67 bits per heavy atom. The third-order valence-electron chi connectivity index (χ3n) is 4.63. The van der Waals surface area contributed by atoms with Crippen molar-refractivity contribution < 1.29 is 4.74 Å². The number of benzene rings is 2.